The van der Waals surface area contributed by atoms with E-state index >= 15 is 0 Å². The fraction of sp³-hybridized carbons (Fsp3) is 0.652. The van der Waals surface area contributed by atoms with Crippen LogP contribution < -0.4 is 11.1 Å². The molecule has 1 aromatic rings. The van der Waals surface area contributed by atoms with Crippen LogP contribution in [0.1, 0.15) is 69.4 Å². The molecule has 0 spiro atoms. The van der Waals surface area contributed by atoms with Crippen molar-refractivity contribution in [2.75, 3.05) is 6.54 Å². The summed E-state index contributed by atoms with van der Waals surface area (Å²) in [6.07, 6.45) is 5.89. The molecule has 1 aliphatic heterocycles. The summed E-state index contributed by atoms with van der Waals surface area (Å²) in [6, 6.07) is 5.46. The van der Waals surface area contributed by atoms with E-state index in [-0.39, 0.29) is 17.7 Å². The minimum Gasteiger partial charge on any atom is -0.383 e. The number of nitrogens with two attached hydrogens (primary N) is 1. The third kappa shape index (κ3) is 4.66. The second kappa shape index (κ2) is 10.1. The molecule has 6 nitrogen and oxygen atoms in total. The van der Waals surface area contributed by atoms with Crippen LogP contribution in [0.5, 0.6) is 0 Å². The van der Waals surface area contributed by atoms with Gasteiger partial charge in [-0.25, -0.2) is 0 Å². The first kappa shape index (κ1) is 23.0. The Hall–Kier alpha value is -1.63. The molecule has 0 bridgehead atoms. The van der Waals surface area contributed by atoms with Gasteiger partial charge in [0, 0.05) is 24.7 Å². The number of carbonyl (C=O) groups excluding carboxylic acids is 2. The molecule has 0 aromatic heterocycles. The Balaban J connectivity index is 1.73. The molecule has 2 amide bonds. The van der Waals surface area contributed by atoms with E-state index in [1.54, 1.807) is 11.0 Å². The number of nitrogens with zero attached hydrogens (tertiary/aromatic N) is 1. The fourth-order valence-electron chi connectivity index (χ4n) is 5.07. The lowest BCUT2D eigenvalue weighted by Crippen LogP contribution is -2.59. The zero-order valence-electron chi connectivity index (χ0n) is 17.8. The molecular weight excluding hydrogens is 402 g/mol. The van der Waals surface area contributed by atoms with E-state index in [1.165, 1.54) is 0 Å². The molecule has 4 N–H and O–H groups in total. The molecule has 2 aliphatic rings. The van der Waals surface area contributed by atoms with E-state index in [2.05, 4.69) is 5.32 Å². The summed E-state index contributed by atoms with van der Waals surface area (Å²) in [6.45, 7) is 3.11. The van der Waals surface area contributed by atoms with Crippen LogP contribution in [0.15, 0.2) is 18.2 Å². The number of likely N-dealkylation sites (tertiary alicyclic amines) is 1. The van der Waals surface area contributed by atoms with Crippen molar-refractivity contribution in [2.24, 2.45) is 11.7 Å². The maximum Gasteiger partial charge on any atom is 0.252 e. The smallest absolute Gasteiger partial charge is 0.252 e. The number of benzene rings is 1. The highest BCUT2D eigenvalue weighted by Gasteiger charge is 2.50. The maximum absolute atomic E-state index is 13.3. The van der Waals surface area contributed by atoms with E-state index in [9.17, 15) is 14.7 Å². The van der Waals surface area contributed by atoms with Gasteiger partial charge in [0.1, 0.15) is 11.6 Å². The van der Waals surface area contributed by atoms with Crippen molar-refractivity contribution in [3.8, 4) is 0 Å². The van der Waals surface area contributed by atoms with E-state index in [4.69, 9.17) is 17.3 Å². The third-order valence-electron chi connectivity index (χ3n) is 6.94. The largest absolute Gasteiger partial charge is 0.383 e. The predicted octanol–water partition coefficient (Wildman–Crippen LogP) is 3.13. The average molecular weight is 436 g/mol. The van der Waals surface area contributed by atoms with Crippen LogP contribution in [0, 0.1) is 5.92 Å². The van der Waals surface area contributed by atoms with Gasteiger partial charge in [0.25, 0.3) is 5.91 Å². The van der Waals surface area contributed by atoms with Gasteiger partial charge in [-0.3, -0.25) is 9.59 Å². The van der Waals surface area contributed by atoms with E-state index in [0.29, 0.717) is 37.5 Å². The highest BCUT2D eigenvalue weighted by Crippen LogP contribution is 2.36. The molecule has 1 aliphatic carbocycles. The van der Waals surface area contributed by atoms with Crippen LogP contribution in [0.4, 0.5) is 0 Å². The molecular formula is C23H34ClN3O3. The van der Waals surface area contributed by atoms with Gasteiger partial charge in [0.05, 0.1) is 0 Å². The standard InChI is InChI=1S/C23H34ClN3O3/c1-2-23(22(30)26-15-18-13-19(24)10-9-17(18)14-25)11-6-12-27(23)21(29)20(28)16-7-4-3-5-8-16/h9-10,13,16,20,28H,2-8,11-12,14-15,25H2,1H3,(H,26,30)/t20-,23?/m1/s1. The lowest BCUT2D eigenvalue weighted by Gasteiger charge is -2.39. The topological polar surface area (TPSA) is 95.7 Å². The second-order valence-corrected chi connectivity index (χ2v) is 9.06. The van der Waals surface area contributed by atoms with Crippen molar-refractivity contribution < 1.29 is 14.7 Å². The third-order valence-corrected chi connectivity index (χ3v) is 7.17. The van der Waals surface area contributed by atoms with Crippen molar-refractivity contribution in [3.63, 3.8) is 0 Å². The molecule has 1 heterocycles. The number of carbonyl (C=O) groups is 2. The number of aliphatic hydroxyl groups excluding tert-OH is 1. The summed E-state index contributed by atoms with van der Waals surface area (Å²) >= 11 is 6.11. The van der Waals surface area contributed by atoms with Gasteiger partial charge in [0.2, 0.25) is 5.91 Å². The fourth-order valence-corrected chi connectivity index (χ4v) is 5.27. The second-order valence-electron chi connectivity index (χ2n) is 8.62. The molecule has 1 aromatic carbocycles. The van der Waals surface area contributed by atoms with Gasteiger partial charge >= 0.3 is 0 Å². The minimum atomic E-state index is -1.01. The molecule has 1 saturated carbocycles. The Bertz CT molecular complexity index is 766. The number of hydrogen-bond acceptors (Lipinski definition) is 4. The first-order valence-electron chi connectivity index (χ1n) is 11.2. The Morgan fingerprint density at radius 2 is 2.00 bits per heavy atom. The van der Waals surface area contributed by atoms with Crippen LogP contribution >= 0.6 is 11.6 Å². The van der Waals surface area contributed by atoms with Crippen LogP contribution in [-0.2, 0) is 22.7 Å². The lowest BCUT2D eigenvalue weighted by molar-refractivity contribution is -0.154. The maximum atomic E-state index is 13.3. The summed E-state index contributed by atoms with van der Waals surface area (Å²) in [5, 5.41) is 14.4. The summed E-state index contributed by atoms with van der Waals surface area (Å²) in [4.78, 5) is 28.2. The molecule has 0 radical (unpaired) electrons. The molecule has 2 atom stereocenters. The van der Waals surface area contributed by atoms with Gasteiger partial charge in [-0.2, -0.15) is 0 Å². The van der Waals surface area contributed by atoms with Crippen molar-refractivity contribution in [1.82, 2.24) is 10.2 Å². The average Bonchev–Trinajstić information content (AvgIpc) is 3.22. The van der Waals surface area contributed by atoms with Gasteiger partial charge in [-0.05, 0) is 61.3 Å². The molecule has 7 heteroatoms. The first-order chi connectivity index (χ1) is 14.4. The zero-order valence-corrected chi connectivity index (χ0v) is 18.6. The Kier molecular flexibility index (Phi) is 7.77. The number of aliphatic hydroxyl groups is 1. The SMILES string of the molecule is CCC1(C(=O)NCc2cc(Cl)ccc2CN)CCCN1C(=O)[C@H](O)C1CCCCC1. The van der Waals surface area contributed by atoms with E-state index < -0.39 is 11.6 Å². The summed E-state index contributed by atoms with van der Waals surface area (Å²) in [5.41, 5.74) is 6.71. The minimum absolute atomic E-state index is 0.00282. The van der Waals surface area contributed by atoms with E-state index in [0.717, 1.165) is 49.7 Å². The van der Waals surface area contributed by atoms with Gasteiger partial charge in [-0.1, -0.05) is 43.9 Å². The van der Waals surface area contributed by atoms with Crippen LogP contribution in [0.2, 0.25) is 5.02 Å². The number of nitrogens with one attached hydrogen (secondary N) is 1. The number of rotatable bonds is 7. The zero-order chi connectivity index (χ0) is 21.7. The van der Waals surface area contributed by atoms with Gasteiger partial charge < -0.3 is 21.1 Å². The summed E-state index contributed by atoms with van der Waals surface area (Å²) in [7, 11) is 0. The van der Waals surface area contributed by atoms with Crippen molar-refractivity contribution in [3.05, 3.63) is 34.3 Å². The van der Waals surface area contributed by atoms with Crippen LogP contribution in [0.3, 0.4) is 0 Å². The lowest BCUT2D eigenvalue weighted by atomic mass is 9.84. The number of amides is 2. The highest BCUT2D eigenvalue weighted by atomic mass is 35.5. The Morgan fingerprint density at radius 3 is 2.67 bits per heavy atom. The number of hydrogen-bond donors (Lipinski definition) is 3. The van der Waals surface area contributed by atoms with Crippen molar-refractivity contribution >= 4 is 23.4 Å². The molecule has 1 saturated heterocycles. The van der Waals surface area contributed by atoms with Crippen LogP contribution in [-0.4, -0.2) is 40.0 Å². The van der Waals surface area contributed by atoms with Crippen molar-refractivity contribution in [2.45, 2.75) is 83.0 Å². The monoisotopic (exact) mass is 435 g/mol. The molecule has 30 heavy (non-hydrogen) atoms. The molecule has 3 rings (SSSR count). The predicted molar refractivity (Wildman–Crippen MR) is 118 cm³/mol. The van der Waals surface area contributed by atoms with Gasteiger partial charge in [0.15, 0.2) is 0 Å². The quantitative estimate of drug-likeness (QED) is 0.613. The Labute approximate surface area is 184 Å². The molecule has 1 unspecified atom stereocenters. The first-order valence-corrected chi connectivity index (χ1v) is 11.6. The van der Waals surface area contributed by atoms with Crippen LogP contribution in [0.25, 0.3) is 0 Å². The normalized spacial score (nSPS) is 23.4. The number of halogens is 1. The summed E-state index contributed by atoms with van der Waals surface area (Å²) < 4.78 is 0. The Morgan fingerprint density at radius 1 is 1.27 bits per heavy atom. The molecule has 2 fully saturated rings. The summed E-state index contributed by atoms with van der Waals surface area (Å²) in [5.74, 6) is -0.459. The highest BCUT2D eigenvalue weighted by molar-refractivity contribution is 6.30. The molecule has 166 valence electrons. The van der Waals surface area contributed by atoms with Crippen molar-refractivity contribution in [1.29, 1.82) is 0 Å². The van der Waals surface area contributed by atoms with Gasteiger partial charge in [-0.15, -0.1) is 0 Å². The van der Waals surface area contributed by atoms with E-state index in [1.807, 2.05) is 19.1 Å².